The summed E-state index contributed by atoms with van der Waals surface area (Å²) in [6.07, 6.45) is 0. The number of benzene rings is 1. The second-order valence-electron chi connectivity index (χ2n) is 2.41. The van der Waals surface area contributed by atoms with E-state index < -0.39 is 23.3 Å². The Morgan fingerprint density at radius 2 is 1.41 bits per heavy atom. The van der Waals surface area contributed by atoms with Gasteiger partial charge in [0.1, 0.15) is 0 Å². The van der Waals surface area contributed by atoms with E-state index in [4.69, 9.17) is 23.5 Å². The predicted octanol–water partition coefficient (Wildman–Crippen LogP) is -2.57. The van der Waals surface area contributed by atoms with Crippen molar-refractivity contribution in [1.82, 2.24) is 0 Å². The van der Waals surface area contributed by atoms with E-state index in [1.54, 1.807) is 0 Å². The Labute approximate surface area is 121 Å². The van der Waals surface area contributed by atoms with E-state index in [-0.39, 0.29) is 40.7 Å². The molecule has 0 saturated carbocycles. The molecule has 17 heavy (non-hydrogen) atoms. The van der Waals surface area contributed by atoms with E-state index in [0.717, 1.165) is 6.07 Å². The molecular formula is C8H7NaO7S. The third-order valence-corrected chi connectivity index (χ3v) is 1.36. The van der Waals surface area contributed by atoms with Crippen LogP contribution in [0.4, 0.5) is 0 Å². The first-order valence-electron chi connectivity index (χ1n) is 3.69. The van der Waals surface area contributed by atoms with E-state index in [1.807, 2.05) is 0 Å². The smallest absolute Gasteiger partial charge is 0.750 e. The molecule has 0 bridgehead atoms. The number of rotatable bonds is 2. The number of carboxylic acids is 2. The maximum absolute atomic E-state index is 10.4. The molecule has 88 valence electrons. The molecule has 3 N–H and O–H groups in total. The van der Waals surface area contributed by atoms with Crippen LogP contribution in [0, 0.1) is 0 Å². The van der Waals surface area contributed by atoms with E-state index in [9.17, 15) is 9.59 Å². The van der Waals surface area contributed by atoms with Crippen molar-refractivity contribution in [3.8, 4) is 0 Å². The molecule has 0 heterocycles. The molecule has 0 aliphatic heterocycles. The fourth-order valence-electron chi connectivity index (χ4n) is 0.785. The summed E-state index contributed by atoms with van der Waals surface area (Å²) < 4.78 is 24.1. The second-order valence-corrected chi connectivity index (χ2v) is 2.84. The topological polar surface area (TPSA) is 135 Å². The first-order chi connectivity index (χ1) is 7.34. The van der Waals surface area contributed by atoms with Gasteiger partial charge in [0.05, 0.1) is 22.5 Å². The van der Waals surface area contributed by atoms with E-state index in [0.29, 0.717) is 0 Å². The van der Waals surface area contributed by atoms with E-state index >= 15 is 0 Å². The van der Waals surface area contributed by atoms with E-state index in [2.05, 4.69) is 0 Å². The number of hydrogen-bond acceptors (Lipinski definition) is 4. The monoisotopic (exact) mass is 270 g/mol. The summed E-state index contributed by atoms with van der Waals surface area (Å²) in [5, 5.41) is 17.0. The van der Waals surface area contributed by atoms with Gasteiger partial charge in [0.2, 0.25) is 0 Å². The molecule has 0 radical (unpaired) electrons. The Morgan fingerprint density at radius 1 is 1.12 bits per heavy atom. The third kappa shape index (κ3) is 8.98. The van der Waals surface area contributed by atoms with Gasteiger partial charge >= 0.3 is 41.5 Å². The molecule has 0 aliphatic carbocycles. The van der Waals surface area contributed by atoms with E-state index in [1.165, 1.54) is 18.2 Å². The van der Waals surface area contributed by atoms with Crippen molar-refractivity contribution < 1.29 is 62.7 Å². The zero-order chi connectivity index (χ0) is 12.7. The second kappa shape index (κ2) is 9.28. The summed E-state index contributed by atoms with van der Waals surface area (Å²) in [5.41, 5.74) is -0.0372. The van der Waals surface area contributed by atoms with Crippen molar-refractivity contribution in [2.75, 3.05) is 0 Å². The van der Waals surface area contributed by atoms with Crippen molar-refractivity contribution in [2.24, 2.45) is 0 Å². The van der Waals surface area contributed by atoms with Gasteiger partial charge in [-0.3, -0.25) is 0 Å². The summed E-state index contributed by atoms with van der Waals surface area (Å²) in [6, 6.07) is 5.20. The van der Waals surface area contributed by atoms with Crippen molar-refractivity contribution in [3.63, 3.8) is 0 Å². The fraction of sp³-hybridized carbons (Fsp3) is 0. The number of hydrogen-bond donors (Lipinski definition) is 3. The zero-order valence-electron chi connectivity index (χ0n) is 8.69. The van der Waals surface area contributed by atoms with Crippen molar-refractivity contribution in [3.05, 3.63) is 35.4 Å². The van der Waals surface area contributed by atoms with Crippen molar-refractivity contribution >= 4 is 23.3 Å². The van der Waals surface area contributed by atoms with Gasteiger partial charge in [-0.25, -0.2) is 13.8 Å². The Morgan fingerprint density at radius 3 is 1.65 bits per heavy atom. The molecule has 0 aliphatic rings. The first kappa shape index (κ1) is 18.6. The van der Waals surface area contributed by atoms with Gasteiger partial charge in [0, 0.05) is 0 Å². The van der Waals surface area contributed by atoms with Gasteiger partial charge in [0.25, 0.3) is 0 Å². The third-order valence-electron chi connectivity index (χ3n) is 1.36. The molecule has 1 unspecified atom stereocenters. The van der Waals surface area contributed by atoms with Crippen LogP contribution in [0.25, 0.3) is 0 Å². The normalized spacial score (nSPS) is 10.2. The SMILES string of the molecule is O=C(O)c1cccc(C(=O)O)c1.O=S([O-])O.[Na+]. The molecule has 9 heteroatoms. The number of aromatic carboxylic acids is 2. The summed E-state index contributed by atoms with van der Waals surface area (Å²) in [7, 11) is 0. The van der Waals surface area contributed by atoms with Gasteiger partial charge in [-0.15, -0.1) is 0 Å². The minimum absolute atomic E-state index is 0. The fourth-order valence-corrected chi connectivity index (χ4v) is 0.785. The Balaban J connectivity index is 0. The molecule has 1 aromatic carbocycles. The van der Waals surface area contributed by atoms with Gasteiger partial charge in [-0.2, -0.15) is 0 Å². The Kier molecular flexibility index (Phi) is 10.1. The molecule has 0 amide bonds. The molecule has 1 atom stereocenters. The summed E-state index contributed by atoms with van der Waals surface area (Å²) >= 11 is -2.86. The predicted molar refractivity (Wildman–Crippen MR) is 51.9 cm³/mol. The Bertz CT molecular complexity index is 387. The summed E-state index contributed by atoms with van der Waals surface area (Å²) in [5.74, 6) is -2.25. The Hall–Kier alpha value is -0.770. The molecular weight excluding hydrogens is 263 g/mol. The molecule has 1 rings (SSSR count). The summed E-state index contributed by atoms with van der Waals surface area (Å²) in [4.78, 5) is 20.8. The number of carboxylic acid groups (broad SMARTS) is 2. The maximum atomic E-state index is 10.4. The van der Waals surface area contributed by atoms with Gasteiger partial charge in [0.15, 0.2) is 0 Å². The maximum Gasteiger partial charge on any atom is 1.00 e. The standard InChI is InChI=1S/C8H6O4.Na.H2O3S/c9-7(10)5-2-1-3-6(4-5)8(11)12;;1-4(2)3/h1-4H,(H,9,10)(H,11,12);;(H2,1,2,3)/q;+1;/p-1. The van der Waals surface area contributed by atoms with Crippen LogP contribution in [0.15, 0.2) is 24.3 Å². The van der Waals surface area contributed by atoms with Crippen LogP contribution in [0.2, 0.25) is 0 Å². The van der Waals surface area contributed by atoms with Crippen LogP contribution in [-0.4, -0.2) is 35.5 Å². The molecule has 0 aromatic heterocycles. The van der Waals surface area contributed by atoms with Crippen LogP contribution in [0.3, 0.4) is 0 Å². The number of carbonyl (C=O) groups is 2. The van der Waals surface area contributed by atoms with Crippen molar-refractivity contribution in [1.29, 1.82) is 0 Å². The average Bonchev–Trinajstić information content (AvgIpc) is 2.17. The zero-order valence-corrected chi connectivity index (χ0v) is 11.5. The molecule has 0 spiro atoms. The van der Waals surface area contributed by atoms with Crippen LogP contribution in [0.5, 0.6) is 0 Å². The average molecular weight is 270 g/mol. The van der Waals surface area contributed by atoms with Crippen LogP contribution in [0.1, 0.15) is 20.7 Å². The first-order valence-corrected chi connectivity index (χ1v) is 4.72. The van der Waals surface area contributed by atoms with Crippen LogP contribution in [-0.2, 0) is 11.4 Å². The molecule has 1 aromatic rings. The minimum Gasteiger partial charge on any atom is -0.750 e. The van der Waals surface area contributed by atoms with Gasteiger partial charge in [-0.05, 0) is 18.2 Å². The summed E-state index contributed by atoms with van der Waals surface area (Å²) in [6.45, 7) is 0. The quantitative estimate of drug-likeness (QED) is 0.397. The molecule has 7 nitrogen and oxygen atoms in total. The largest absolute Gasteiger partial charge is 1.00 e. The minimum atomic E-state index is -2.86. The molecule has 0 fully saturated rings. The van der Waals surface area contributed by atoms with Crippen LogP contribution < -0.4 is 29.6 Å². The van der Waals surface area contributed by atoms with Gasteiger partial charge in [-0.1, -0.05) is 6.07 Å². The molecule has 0 saturated heterocycles. The van der Waals surface area contributed by atoms with Crippen molar-refractivity contribution in [2.45, 2.75) is 0 Å². The van der Waals surface area contributed by atoms with Gasteiger partial charge < -0.3 is 19.3 Å². The van der Waals surface area contributed by atoms with Crippen LogP contribution >= 0.6 is 0 Å².